The summed E-state index contributed by atoms with van der Waals surface area (Å²) in [7, 11) is 1.57. The van der Waals surface area contributed by atoms with Gasteiger partial charge in [-0.05, 0) is 18.2 Å². The van der Waals surface area contributed by atoms with Crippen LogP contribution >= 0.6 is 12.4 Å². The van der Waals surface area contributed by atoms with Gasteiger partial charge in [0.05, 0.1) is 13.2 Å². The standard InChI is InChI=1S/C10H13NO2.ClH/c1-3-9(11)8-6-7(13-2)4-5-10(8)12;/h3-6,9,12H,1,11H2,2H3;1H/t9-;/m1./s1. The molecule has 0 aliphatic rings. The predicted octanol–water partition coefficient (Wildman–Crippen LogP) is 2.01. The van der Waals surface area contributed by atoms with E-state index >= 15 is 0 Å². The molecule has 3 N–H and O–H groups in total. The summed E-state index contributed by atoms with van der Waals surface area (Å²) in [4.78, 5) is 0. The van der Waals surface area contributed by atoms with E-state index in [1.54, 1.807) is 31.4 Å². The largest absolute Gasteiger partial charge is 0.508 e. The Bertz CT molecular complexity index is 315. The van der Waals surface area contributed by atoms with Crippen LogP contribution in [0.4, 0.5) is 0 Å². The normalized spacial score (nSPS) is 11.3. The zero-order valence-electron chi connectivity index (χ0n) is 7.93. The first-order valence-electron chi connectivity index (χ1n) is 3.94. The first kappa shape index (κ1) is 12.8. The van der Waals surface area contributed by atoms with E-state index in [0.29, 0.717) is 11.3 Å². The highest BCUT2D eigenvalue weighted by atomic mass is 35.5. The van der Waals surface area contributed by atoms with E-state index in [0.717, 1.165) is 0 Å². The monoisotopic (exact) mass is 215 g/mol. The molecule has 0 aromatic heterocycles. The lowest BCUT2D eigenvalue weighted by Crippen LogP contribution is -2.06. The Morgan fingerprint density at radius 2 is 2.21 bits per heavy atom. The fourth-order valence-electron chi connectivity index (χ4n) is 1.05. The molecular formula is C10H14ClNO2. The number of hydrogen-bond acceptors (Lipinski definition) is 3. The average Bonchev–Trinajstić information content (AvgIpc) is 2.17. The van der Waals surface area contributed by atoms with Crippen LogP contribution in [0.25, 0.3) is 0 Å². The van der Waals surface area contributed by atoms with Crippen molar-refractivity contribution < 1.29 is 9.84 Å². The van der Waals surface area contributed by atoms with Gasteiger partial charge in [-0.25, -0.2) is 0 Å². The molecule has 0 saturated heterocycles. The predicted molar refractivity (Wildman–Crippen MR) is 59.0 cm³/mol. The van der Waals surface area contributed by atoms with Crippen molar-refractivity contribution in [3.8, 4) is 11.5 Å². The molecule has 1 atom stereocenters. The Kier molecular flexibility index (Phi) is 5.05. The van der Waals surface area contributed by atoms with Crippen molar-refractivity contribution in [2.45, 2.75) is 6.04 Å². The second kappa shape index (κ2) is 5.52. The van der Waals surface area contributed by atoms with E-state index in [1.165, 1.54) is 0 Å². The minimum atomic E-state index is -0.366. The van der Waals surface area contributed by atoms with Gasteiger partial charge in [0.1, 0.15) is 11.5 Å². The molecule has 0 spiro atoms. The molecule has 0 aliphatic heterocycles. The Morgan fingerprint density at radius 3 is 2.71 bits per heavy atom. The fraction of sp³-hybridized carbons (Fsp3) is 0.200. The first-order valence-corrected chi connectivity index (χ1v) is 3.94. The third kappa shape index (κ3) is 2.65. The minimum absolute atomic E-state index is 0. The van der Waals surface area contributed by atoms with E-state index in [4.69, 9.17) is 10.5 Å². The van der Waals surface area contributed by atoms with Crippen LogP contribution in [-0.2, 0) is 0 Å². The summed E-state index contributed by atoms with van der Waals surface area (Å²) in [6.45, 7) is 3.56. The minimum Gasteiger partial charge on any atom is -0.508 e. The Hall–Kier alpha value is -1.19. The van der Waals surface area contributed by atoms with Gasteiger partial charge in [-0.15, -0.1) is 19.0 Å². The highest BCUT2D eigenvalue weighted by Gasteiger charge is 2.08. The molecule has 14 heavy (non-hydrogen) atoms. The molecule has 1 aromatic carbocycles. The molecule has 0 unspecified atom stereocenters. The van der Waals surface area contributed by atoms with Crippen molar-refractivity contribution in [3.05, 3.63) is 36.4 Å². The van der Waals surface area contributed by atoms with Gasteiger partial charge in [0.25, 0.3) is 0 Å². The van der Waals surface area contributed by atoms with Gasteiger partial charge in [-0.2, -0.15) is 0 Å². The Balaban J connectivity index is 0.00000169. The van der Waals surface area contributed by atoms with Crippen LogP contribution in [0.1, 0.15) is 11.6 Å². The molecule has 4 heteroatoms. The van der Waals surface area contributed by atoms with Crippen LogP contribution in [-0.4, -0.2) is 12.2 Å². The summed E-state index contributed by atoms with van der Waals surface area (Å²) < 4.78 is 5.00. The van der Waals surface area contributed by atoms with Crippen molar-refractivity contribution >= 4 is 12.4 Å². The van der Waals surface area contributed by atoms with E-state index in [1.807, 2.05) is 0 Å². The van der Waals surface area contributed by atoms with Gasteiger partial charge in [-0.1, -0.05) is 6.08 Å². The lowest BCUT2D eigenvalue weighted by atomic mass is 10.1. The number of aromatic hydroxyl groups is 1. The number of methoxy groups -OCH3 is 1. The quantitative estimate of drug-likeness (QED) is 0.759. The van der Waals surface area contributed by atoms with Crippen LogP contribution in [0.5, 0.6) is 11.5 Å². The van der Waals surface area contributed by atoms with Crippen LogP contribution in [0.15, 0.2) is 30.9 Å². The number of nitrogens with two attached hydrogens (primary N) is 1. The highest BCUT2D eigenvalue weighted by Crippen LogP contribution is 2.27. The molecule has 1 aromatic rings. The summed E-state index contributed by atoms with van der Waals surface area (Å²) in [6.07, 6.45) is 1.56. The van der Waals surface area contributed by atoms with E-state index in [-0.39, 0.29) is 24.2 Å². The lowest BCUT2D eigenvalue weighted by Gasteiger charge is -2.10. The molecule has 0 amide bonds. The van der Waals surface area contributed by atoms with Gasteiger partial charge in [-0.3, -0.25) is 0 Å². The number of hydrogen-bond donors (Lipinski definition) is 2. The summed E-state index contributed by atoms with van der Waals surface area (Å²) in [5.41, 5.74) is 6.30. The van der Waals surface area contributed by atoms with Crippen molar-refractivity contribution in [1.29, 1.82) is 0 Å². The van der Waals surface area contributed by atoms with Crippen LogP contribution in [0.2, 0.25) is 0 Å². The zero-order chi connectivity index (χ0) is 9.84. The summed E-state index contributed by atoms with van der Waals surface area (Å²) in [6, 6.07) is 4.56. The molecule has 0 heterocycles. The molecule has 3 nitrogen and oxygen atoms in total. The highest BCUT2D eigenvalue weighted by molar-refractivity contribution is 5.85. The summed E-state index contributed by atoms with van der Waals surface area (Å²) in [5, 5.41) is 9.45. The molecule has 78 valence electrons. The fourth-order valence-corrected chi connectivity index (χ4v) is 1.05. The van der Waals surface area contributed by atoms with Gasteiger partial charge in [0.2, 0.25) is 0 Å². The third-order valence-corrected chi connectivity index (χ3v) is 1.85. The molecule has 0 saturated carbocycles. The van der Waals surface area contributed by atoms with Gasteiger partial charge in [0.15, 0.2) is 0 Å². The van der Waals surface area contributed by atoms with Crippen molar-refractivity contribution in [2.75, 3.05) is 7.11 Å². The summed E-state index contributed by atoms with van der Waals surface area (Å²) in [5.74, 6) is 0.832. The molecule has 0 fully saturated rings. The topological polar surface area (TPSA) is 55.5 Å². The molecule has 0 bridgehead atoms. The Morgan fingerprint density at radius 1 is 1.57 bits per heavy atom. The van der Waals surface area contributed by atoms with Gasteiger partial charge < -0.3 is 15.6 Å². The van der Waals surface area contributed by atoms with Crippen molar-refractivity contribution in [3.63, 3.8) is 0 Å². The second-order valence-corrected chi connectivity index (χ2v) is 2.69. The van der Waals surface area contributed by atoms with E-state index in [9.17, 15) is 5.11 Å². The second-order valence-electron chi connectivity index (χ2n) is 2.69. The maximum Gasteiger partial charge on any atom is 0.120 e. The van der Waals surface area contributed by atoms with Crippen LogP contribution in [0, 0.1) is 0 Å². The maximum atomic E-state index is 9.45. The number of benzene rings is 1. The number of phenolic OH excluding ortho intramolecular Hbond substituents is 1. The van der Waals surface area contributed by atoms with Crippen LogP contribution < -0.4 is 10.5 Å². The first-order chi connectivity index (χ1) is 6.19. The zero-order valence-corrected chi connectivity index (χ0v) is 8.75. The van der Waals surface area contributed by atoms with E-state index in [2.05, 4.69) is 6.58 Å². The van der Waals surface area contributed by atoms with Gasteiger partial charge >= 0.3 is 0 Å². The number of halogens is 1. The molecule has 0 aliphatic carbocycles. The maximum absolute atomic E-state index is 9.45. The lowest BCUT2D eigenvalue weighted by molar-refractivity contribution is 0.410. The third-order valence-electron chi connectivity index (χ3n) is 1.85. The number of rotatable bonds is 3. The molecule has 0 radical (unpaired) electrons. The van der Waals surface area contributed by atoms with Crippen LogP contribution in [0.3, 0.4) is 0 Å². The van der Waals surface area contributed by atoms with E-state index < -0.39 is 0 Å². The van der Waals surface area contributed by atoms with Crippen molar-refractivity contribution in [1.82, 2.24) is 0 Å². The molecular weight excluding hydrogens is 202 g/mol. The van der Waals surface area contributed by atoms with Gasteiger partial charge in [0, 0.05) is 5.56 Å². The van der Waals surface area contributed by atoms with Crippen molar-refractivity contribution in [2.24, 2.45) is 5.73 Å². The number of phenols is 1. The molecule has 1 rings (SSSR count). The average molecular weight is 216 g/mol. The Labute approximate surface area is 89.6 Å². The summed E-state index contributed by atoms with van der Waals surface area (Å²) >= 11 is 0. The SMILES string of the molecule is C=C[C@@H](N)c1cc(OC)ccc1O.Cl. The smallest absolute Gasteiger partial charge is 0.120 e. The number of ether oxygens (including phenoxy) is 1.